The lowest BCUT2D eigenvalue weighted by Crippen LogP contribution is -2.70. The van der Waals surface area contributed by atoms with E-state index < -0.39 is 97.9 Å². The molecule has 12 aliphatic heterocycles. The van der Waals surface area contributed by atoms with E-state index in [1.807, 2.05) is 62.4 Å². The van der Waals surface area contributed by atoms with Gasteiger partial charge in [-0.2, -0.15) is 0 Å². The summed E-state index contributed by atoms with van der Waals surface area (Å²) in [7, 11) is 0. The second kappa shape index (κ2) is 17.6. The van der Waals surface area contributed by atoms with Crippen molar-refractivity contribution in [3.05, 3.63) is 83.0 Å². The number of carbonyl (C=O) groups is 2. The first kappa shape index (κ1) is 49.2. The number of nitrogens with zero attached hydrogens (tertiary/aromatic N) is 4. The van der Waals surface area contributed by atoms with Gasteiger partial charge in [-0.3, -0.25) is 29.4 Å². The third kappa shape index (κ3) is 6.46. The lowest BCUT2D eigenvalue weighted by atomic mass is 9.66. The fraction of sp³-hybridized carbons (Fsp3) is 0.630. The maximum atomic E-state index is 12.4. The van der Waals surface area contributed by atoms with Gasteiger partial charge >= 0.3 is 11.9 Å². The smallest absolute Gasteiger partial charge is 0.302 e. The Morgan fingerprint density at radius 1 is 0.622 bits per heavy atom. The number of aliphatic imine (C=N–C) groups is 2. The molecule has 20 heteroatoms. The van der Waals surface area contributed by atoms with Crippen LogP contribution in [0.25, 0.3) is 0 Å². The molecule has 6 unspecified atom stereocenters. The fourth-order valence-corrected chi connectivity index (χ4v) is 16.6. The summed E-state index contributed by atoms with van der Waals surface area (Å²) in [4.78, 5) is 39.5. The zero-order valence-electron chi connectivity index (χ0n) is 41.4. The van der Waals surface area contributed by atoms with Gasteiger partial charge in [0.25, 0.3) is 0 Å². The number of hydrogen-bond acceptors (Lipinski definition) is 20. The van der Waals surface area contributed by atoms with Crippen molar-refractivity contribution in [3.8, 4) is 0 Å². The van der Waals surface area contributed by atoms with Gasteiger partial charge in [0.2, 0.25) is 0 Å². The van der Waals surface area contributed by atoms with Gasteiger partial charge in [0, 0.05) is 37.8 Å². The number of fused-ring (bicyclic) bond motifs is 4. The van der Waals surface area contributed by atoms with Gasteiger partial charge in [0.15, 0.2) is 12.6 Å². The van der Waals surface area contributed by atoms with Crippen molar-refractivity contribution in [1.29, 1.82) is 0 Å². The lowest BCUT2D eigenvalue weighted by Gasteiger charge is -2.59. The van der Waals surface area contributed by atoms with Crippen molar-refractivity contribution in [3.63, 3.8) is 0 Å². The van der Waals surface area contributed by atoms with Crippen LogP contribution < -0.4 is 0 Å². The summed E-state index contributed by atoms with van der Waals surface area (Å²) >= 11 is 0. The zero-order chi connectivity index (χ0) is 51.6. The molecule has 12 fully saturated rings. The SMILES string of the molecule is C/C=C1/[C@@H](O[C@@H]2O[C@H](CO)[C@@H](O)[C@H](O)[C@H]2O)N2[C@H]3C[C@@H]1C1C(OC(C)=O)[C@@]4(C[C@@H]12)C3=Nc1ccccc14.C/C=C1/[C@@H](O[C@@H]2O[C@H](CO)[C@@H](O)[C@H](O)[C@H]2O)N2[C@H]3C[C@@H]1C1C(OC(C)=O)[C@@]4(C[C@@H]12)C3=Nc1ccccc14. The van der Waals surface area contributed by atoms with Crippen LogP contribution >= 0.6 is 0 Å². The van der Waals surface area contributed by atoms with Crippen LogP contribution in [0.3, 0.4) is 0 Å². The van der Waals surface area contributed by atoms with Crippen LogP contribution in [0.15, 0.2) is 81.8 Å². The molecule has 0 amide bonds. The standard InChI is InChI=1S/2C27H32N2O8/c2*1-3-12-13-8-16-23-27(14-6-4-5-7-15(14)28-23)9-17(19(13)24(27)35-11(2)31)29(16)25(12)37-26-22(34)21(33)20(32)18(10-30)36-26/h2*3-7,13,16-22,24-26,30,32-34H,8-10H2,1-2H3/b2*12-3+/t2*13-,16-,17-,18+,19?,20+,21-,22+,24?,25+,26-,27+/m00/s1. The van der Waals surface area contributed by atoms with Gasteiger partial charge in [0.05, 0.1) is 58.9 Å². The van der Waals surface area contributed by atoms with E-state index >= 15 is 0 Å². The van der Waals surface area contributed by atoms with Gasteiger partial charge < -0.3 is 69.3 Å². The van der Waals surface area contributed by atoms with Gasteiger partial charge in [-0.1, -0.05) is 48.6 Å². The number of piperidine rings is 8. The molecule has 2 aromatic carbocycles. The molecule has 74 heavy (non-hydrogen) atoms. The minimum absolute atomic E-state index is 0.0495. The molecule has 16 rings (SSSR count). The molecule has 2 spiro atoms. The largest absolute Gasteiger partial charge is 0.461 e. The van der Waals surface area contributed by atoms with E-state index in [0.717, 1.165) is 70.8 Å². The van der Waals surface area contributed by atoms with Gasteiger partial charge in [-0.05, 0) is 85.8 Å². The Bertz CT molecular complexity index is 2580. The molecule has 0 radical (unpaired) electrons. The molecule has 20 nitrogen and oxygen atoms in total. The minimum Gasteiger partial charge on any atom is -0.461 e. The van der Waals surface area contributed by atoms with Crippen LogP contribution in [-0.2, 0) is 48.8 Å². The Kier molecular flexibility index (Phi) is 11.7. The average molecular weight is 1030 g/mol. The number of aliphatic hydroxyl groups excluding tert-OH is 8. The van der Waals surface area contributed by atoms with Crippen LogP contribution in [-0.4, -0.2) is 197 Å². The molecule has 2 aromatic rings. The number of hydrogen-bond donors (Lipinski definition) is 8. The van der Waals surface area contributed by atoms with Crippen LogP contribution in [0.5, 0.6) is 0 Å². The van der Waals surface area contributed by atoms with E-state index in [0.29, 0.717) is 0 Å². The number of carbonyl (C=O) groups excluding carboxylic acids is 2. The van der Waals surface area contributed by atoms with Crippen LogP contribution in [0, 0.1) is 23.7 Å². The molecule has 12 heterocycles. The predicted octanol–water partition coefficient (Wildman–Crippen LogP) is 0.275. The van der Waals surface area contributed by atoms with Crippen LogP contribution in [0.1, 0.15) is 64.5 Å². The van der Waals surface area contributed by atoms with E-state index in [1.54, 1.807) is 0 Å². The first-order valence-electron chi connectivity index (χ1n) is 26.1. The van der Waals surface area contributed by atoms with Crippen molar-refractivity contribution >= 4 is 34.7 Å². The maximum absolute atomic E-state index is 12.4. The number of para-hydroxylation sites is 2. The predicted molar refractivity (Wildman–Crippen MR) is 258 cm³/mol. The van der Waals surface area contributed by atoms with Crippen molar-refractivity contribution in [2.24, 2.45) is 33.7 Å². The highest BCUT2D eigenvalue weighted by Crippen LogP contribution is 2.69. The second-order valence-electron chi connectivity index (χ2n) is 22.3. The molecule has 0 aromatic heterocycles. The summed E-state index contributed by atoms with van der Waals surface area (Å²) in [5, 5.41) is 81.8. The first-order chi connectivity index (χ1) is 35.6. The number of benzene rings is 2. The summed E-state index contributed by atoms with van der Waals surface area (Å²) < 4.78 is 36.6. The van der Waals surface area contributed by atoms with E-state index in [1.165, 1.54) is 13.8 Å². The highest BCUT2D eigenvalue weighted by molar-refractivity contribution is 6.09. The number of ether oxygens (including phenoxy) is 6. The van der Waals surface area contributed by atoms with E-state index in [2.05, 4.69) is 21.9 Å². The van der Waals surface area contributed by atoms with Gasteiger partial charge in [-0.25, -0.2) is 0 Å². The molecule has 10 bridgehead atoms. The van der Waals surface area contributed by atoms with Gasteiger partial charge in [-0.15, -0.1) is 0 Å². The molecular weight excluding hydrogens is 961 g/mol. The Morgan fingerprint density at radius 2 is 1.01 bits per heavy atom. The summed E-state index contributed by atoms with van der Waals surface area (Å²) in [6.07, 6.45) is -8.15. The molecule has 26 atom stereocenters. The van der Waals surface area contributed by atoms with Gasteiger partial charge in [0.1, 0.15) is 73.5 Å². The molecule has 14 aliphatic rings. The summed E-state index contributed by atoms with van der Waals surface area (Å²) in [6, 6.07) is 16.2. The topological polar surface area (TPSA) is 283 Å². The lowest BCUT2D eigenvalue weighted by molar-refractivity contribution is -0.328. The summed E-state index contributed by atoms with van der Waals surface area (Å²) in [5.74, 6) is -0.352. The molecule has 8 N–H and O–H groups in total. The molecule has 2 aliphatic carbocycles. The number of aliphatic hydroxyl groups is 8. The first-order valence-corrected chi connectivity index (χ1v) is 26.1. The Hall–Kier alpha value is -4.36. The Labute approximate surface area is 426 Å². The molecular formula is C54H64N4O16. The highest BCUT2D eigenvalue weighted by Gasteiger charge is 2.77. The zero-order valence-corrected chi connectivity index (χ0v) is 41.4. The third-order valence-corrected chi connectivity index (χ3v) is 19.2. The molecule has 396 valence electrons. The minimum atomic E-state index is -1.52. The summed E-state index contributed by atoms with van der Waals surface area (Å²) in [6.45, 7) is 5.77. The maximum Gasteiger partial charge on any atom is 0.302 e. The van der Waals surface area contributed by atoms with E-state index in [9.17, 15) is 50.4 Å². The van der Waals surface area contributed by atoms with E-state index in [4.69, 9.17) is 38.4 Å². The fourth-order valence-electron chi connectivity index (χ4n) is 16.6. The molecule has 10 saturated heterocycles. The van der Waals surface area contributed by atoms with Crippen molar-refractivity contribution in [2.75, 3.05) is 13.2 Å². The van der Waals surface area contributed by atoms with Crippen molar-refractivity contribution < 1.29 is 78.9 Å². The van der Waals surface area contributed by atoms with Crippen molar-refractivity contribution in [1.82, 2.24) is 9.80 Å². The number of rotatable bonds is 8. The highest BCUT2D eigenvalue weighted by atomic mass is 16.7. The van der Waals surface area contributed by atoms with Crippen LogP contribution in [0.2, 0.25) is 0 Å². The second-order valence-corrected chi connectivity index (χ2v) is 22.3. The normalized spacial score (nSPS) is 49.7. The Balaban J connectivity index is 0.000000143. The van der Waals surface area contributed by atoms with E-state index in [-0.39, 0.29) is 72.0 Å². The molecule has 2 saturated carbocycles. The van der Waals surface area contributed by atoms with Crippen molar-refractivity contribution in [2.45, 2.75) is 174 Å². The monoisotopic (exact) mass is 1020 g/mol. The van der Waals surface area contributed by atoms with Crippen LogP contribution in [0.4, 0.5) is 11.4 Å². The quantitative estimate of drug-likeness (QED) is 0.130. The third-order valence-electron chi connectivity index (χ3n) is 19.2. The average Bonchev–Trinajstić information content (AvgIpc) is 4.16. The Morgan fingerprint density at radius 3 is 1.38 bits per heavy atom. The number of allylic oxidation sites excluding steroid dienone is 2. The number of esters is 2. The summed E-state index contributed by atoms with van der Waals surface area (Å²) in [5.41, 5.74) is 7.14.